The van der Waals surface area contributed by atoms with E-state index in [1.54, 1.807) is 12.1 Å². The first-order chi connectivity index (χ1) is 13.1. The molecule has 0 saturated carbocycles. The van der Waals surface area contributed by atoms with E-state index in [4.69, 9.17) is 0 Å². The van der Waals surface area contributed by atoms with E-state index in [-0.39, 0.29) is 16.3 Å². The minimum Gasteiger partial charge on any atom is -0.258 e. The van der Waals surface area contributed by atoms with Gasteiger partial charge >= 0.3 is 0 Å². The van der Waals surface area contributed by atoms with Crippen molar-refractivity contribution < 1.29 is 17.7 Å². The molecule has 0 saturated heterocycles. The largest absolute Gasteiger partial charge is 0.269 e. The molecule has 0 amide bonds. The standard InChI is InChI=1S/C21H24FNO4S/c1-3-4-10-21(2)13-19(15-6-5-7-17(11-15)23(24)25)18-12-16(22)8-9-20(18)28(26,27)14-21/h5-9,11-12,19H,3-4,10,13-14H2,1-2H3/t19-,21+/m1/s1. The lowest BCUT2D eigenvalue weighted by atomic mass is 9.74. The Kier molecular flexibility index (Phi) is 5.57. The molecule has 28 heavy (non-hydrogen) atoms. The Morgan fingerprint density at radius 1 is 1.25 bits per heavy atom. The van der Waals surface area contributed by atoms with Gasteiger partial charge in [-0.25, -0.2) is 12.8 Å². The van der Waals surface area contributed by atoms with Gasteiger partial charge in [-0.05, 0) is 47.6 Å². The van der Waals surface area contributed by atoms with Crippen LogP contribution in [0.1, 0.15) is 56.6 Å². The molecule has 5 nitrogen and oxygen atoms in total. The predicted molar refractivity (Wildman–Crippen MR) is 106 cm³/mol. The molecule has 2 atom stereocenters. The van der Waals surface area contributed by atoms with Crippen LogP contribution in [0, 0.1) is 21.3 Å². The maximum atomic E-state index is 14.1. The molecule has 1 heterocycles. The summed E-state index contributed by atoms with van der Waals surface area (Å²) in [5, 5.41) is 11.2. The van der Waals surface area contributed by atoms with Gasteiger partial charge in [0.15, 0.2) is 9.84 Å². The highest BCUT2D eigenvalue weighted by molar-refractivity contribution is 7.91. The lowest BCUT2D eigenvalue weighted by molar-refractivity contribution is -0.384. The number of halogens is 1. The van der Waals surface area contributed by atoms with Gasteiger partial charge in [0.05, 0.1) is 15.6 Å². The second-order valence-corrected chi connectivity index (χ2v) is 9.92. The van der Waals surface area contributed by atoms with Crippen LogP contribution in [0.15, 0.2) is 47.4 Å². The highest BCUT2D eigenvalue weighted by atomic mass is 32.2. The van der Waals surface area contributed by atoms with Crippen molar-refractivity contribution in [3.8, 4) is 0 Å². The third-order valence-corrected chi connectivity index (χ3v) is 7.65. The smallest absolute Gasteiger partial charge is 0.258 e. The summed E-state index contributed by atoms with van der Waals surface area (Å²) in [6.07, 6.45) is 3.05. The van der Waals surface area contributed by atoms with Gasteiger partial charge in [-0.2, -0.15) is 0 Å². The molecule has 0 aromatic heterocycles. The summed E-state index contributed by atoms with van der Waals surface area (Å²) < 4.78 is 40.3. The third kappa shape index (κ3) is 4.09. The molecular weight excluding hydrogens is 381 g/mol. The van der Waals surface area contributed by atoms with Crippen molar-refractivity contribution in [2.45, 2.75) is 50.3 Å². The Hall–Kier alpha value is -2.28. The molecule has 2 aromatic carbocycles. The second kappa shape index (κ2) is 7.62. The molecule has 1 aliphatic rings. The van der Waals surface area contributed by atoms with Crippen LogP contribution in [-0.4, -0.2) is 19.1 Å². The van der Waals surface area contributed by atoms with E-state index in [1.807, 2.05) is 6.92 Å². The van der Waals surface area contributed by atoms with Crippen molar-refractivity contribution in [3.05, 3.63) is 69.5 Å². The van der Waals surface area contributed by atoms with E-state index in [0.717, 1.165) is 25.3 Å². The van der Waals surface area contributed by atoms with Gasteiger partial charge in [0.25, 0.3) is 5.69 Å². The van der Waals surface area contributed by atoms with Crippen molar-refractivity contribution in [1.29, 1.82) is 0 Å². The minimum absolute atomic E-state index is 0.00986. The van der Waals surface area contributed by atoms with Gasteiger partial charge in [-0.15, -0.1) is 0 Å². The summed E-state index contributed by atoms with van der Waals surface area (Å²) >= 11 is 0. The number of fused-ring (bicyclic) bond motifs is 1. The monoisotopic (exact) mass is 405 g/mol. The second-order valence-electron chi connectivity index (χ2n) is 7.96. The number of nitro benzene ring substituents is 1. The van der Waals surface area contributed by atoms with Gasteiger partial charge in [0.2, 0.25) is 0 Å². The summed E-state index contributed by atoms with van der Waals surface area (Å²) in [7, 11) is -3.60. The van der Waals surface area contributed by atoms with E-state index >= 15 is 0 Å². The van der Waals surface area contributed by atoms with Crippen molar-refractivity contribution >= 4 is 15.5 Å². The minimum atomic E-state index is -3.60. The summed E-state index contributed by atoms with van der Waals surface area (Å²) in [5.41, 5.74) is 0.471. The summed E-state index contributed by atoms with van der Waals surface area (Å²) in [5.74, 6) is -0.948. The van der Waals surface area contributed by atoms with Crippen LogP contribution in [-0.2, 0) is 9.84 Å². The molecule has 7 heteroatoms. The number of non-ortho nitro benzene ring substituents is 1. The van der Waals surface area contributed by atoms with Gasteiger partial charge in [0.1, 0.15) is 5.82 Å². The number of hydrogen-bond acceptors (Lipinski definition) is 4. The van der Waals surface area contributed by atoms with E-state index in [9.17, 15) is 22.9 Å². The lowest BCUT2D eigenvalue weighted by Gasteiger charge is -2.31. The number of unbranched alkanes of at least 4 members (excludes halogenated alkanes) is 1. The fraction of sp³-hybridized carbons (Fsp3) is 0.429. The molecule has 150 valence electrons. The number of nitrogens with zero attached hydrogens (tertiary/aromatic N) is 1. The third-order valence-electron chi connectivity index (χ3n) is 5.53. The average molecular weight is 405 g/mol. The molecule has 0 aliphatic carbocycles. The van der Waals surface area contributed by atoms with Crippen LogP contribution in [0.2, 0.25) is 0 Å². The van der Waals surface area contributed by atoms with Crippen molar-refractivity contribution in [3.63, 3.8) is 0 Å². The van der Waals surface area contributed by atoms with Gasteiger partial charge < -0.3 is 0 Å². The quantitative estimate of drug-likeness (QED) is 0.387. The fourth-order valence-corrected chi connectivity index (χ4v) is 6.37. The Labute approximate surface area is 164 Å². The summed E-state index contributed by atoms with van der Waals surface area (Å²) in [4.78, 5) is 10.9. The number of nitro groups is 1. The highest BCUT2D eigenvalue weighted by Gasteiger charge is 2.40. The maximum Gasteiger partial charge on any atom is 0.269 e. The number of sulfone groups is 1. The first-order valence-corrected chi connectivity index (χ1v) is 11.1. The topological polar surface area (TPSA) is 77.3 Å². The molecule has 0 unspecified atom stereocenters. The Balaban J connectivity index is 2.21. The fourth-order valence-electron chi connectivity index (χ4n) is 4.20. The molecule has 0 fully saturated rings. The van der Waals surface area contributed by atoms with Crippen molar-refractivity contribution in [2.75, 3.05) is 5.75 Å². The zero-order valence-electron chi connectivity index (χ0n) is 16.0. The van der Waals surface area contributed by atoms with E-state index in [1.165, 1.54) is 24.3 Å². The number of benzene rings is 2. The zero-order chi connectivity index (χ0) is 20.5. The van der Waals surface area contributed by atoms with Crippen LogP contribution in [0.4, 0.5) is 10.1 Å². The molecule has 3 rings (SSSR count). The predicted octanol–water partition coefficient (Wildman–Crippen LogP) is 5.24. The Morgan fingerprint density at radius 3 is 2.68 bits per heavy atom. The Bertz CT molecular complexity index is 1010. The van der Waals surface area contributed by atoms with Crippen LogP contribution >= 0.6 is 0 Å². The number of hydrogen-bond donors (Lipinski definition) is 0. The zero-order valence-corrected chi connectivity index (χ0v) is 16.8. The van der Waals surface area contributed by atoms with Crippen LogP contribution < -0.4 is 0 Å². The molecule has 0 N–H and O–H groups in total. The maximum absolute atomic E-state index is 14.1. The molecule has 0 radical (unpaired) electrons. The van der Waals surface area contributed by atoms with E-state index in [2.05, 4.69) is 6.92 Å². The van der Waals surface area contributed by atoms with E-state index < -0.39 is 31.9 Å². The van der Waals surface area contributed by atoms with E-state index in [0.29, 0.717) is 17.5 Å². The number of rotatable bonds is 5. The lowest BCUT2D eigenvalue weighted by Crippen LogP contribution is -2.27. The van der Waals surface area contributed by atoms with Crippen LogP contribution in [0.5, 0.6) is 0 Å². The Morgan fingerprint density at radius 2 is 2.00 bits per heavy atom. The average Bonchev–Trinajstić information content (AvgIpc) is 2.72. The first-order valence-electron chi connectivity index (χ1n) is 9.42. The SMILES string of the molecule is CCCC[C@@]1(C)C[C@H](c2cccc([N+](=O)[O-])c2)c2cc(F)ccc2S(=O)(=O)C1. The van der Waals surface area contributed by atoms with Crippen molar-refractivity contribution in [1.82, 2.24) is 0 Å². The van der Waals surface area contributed by atoms with Gasteiger partial charge in [-0.3, -0.25) is 10.1 Å². The van der Waals surface area contributed by atoms with Gasteiger partial charge in [0, 0.05) is 18.1 Å². The normalized spacial score (nSPS) is 23.6. The first kappa shape index (κ1) is 20.5. The molecule has 0 spiro atoms. The highest BCUT2D eigenvalue weighted by Crippen LogP contribution is 2.47. The molecule has 2 aromatic rings. The molecule has 0 bridgehead atoms. The van der Waals surface area contributed by atoms with Crippen molar-refractivity contribution in [2.24, 2.45) is 5.41 Å². The van der Waals surface area contributed by atoms with Gasteiger partial charge in [-0.1, -0.05) is 38.8 Å². The summed E-state index contributed by atoms with van der Waals surface area (Å²) in [6, 6.07) is 9.98. The molecular formula is C21H24FNO4S. The van der Waals surface area contributed by atoms with Crippen LogP contribution in [0.3, 0.4) is 0 Å². The molecule has 1 aliphatic heterocycles. The summed E-state index contributed by atoms with van der Waals surface area (Å²) in [6.45, 7) is 4.00. The van der Waals surface area contributed by atoms with Crippen LogP contribution in [0.25, 0.3) is 0 Å².